The normalized spacial score (nSPS) is 23.2. The van der Waals surface area contributed by atoms with Gasteiger partial charge in [0, 0.05) is 11.6 Å². The summed E-state index contributed by atoms with van der Waals surface area (Å²) in [6.07, 6.45) is 0.692. The Morgan fingerprint density at radius 3 is 2.94 bits per heavy atom. The number of fused-ring (bicyclic) bond motifs is 1. The lowest BCUT2D eigenvalue weighted by Gasteiger charge is -2.00. The molecule has 1 unspecified atom stereocenters. The summed E-state index contributed by atoms with van der Waals surface area (Å²) in [5.41, 5.74) is 7.33. The van der Waals surface area contributed by atoms with E-state index in [0.29, 0.717) is 12.1 Å². The molecule has 17 heavy (non-hydrogen) atoms. The number of hydrogen-bond donors (Lipinski definition) is 1. The SMILES string of the molecule is Nc1ccc2nc(C3CCS(=O)(=O)C3)sc2c1. The quantitative estimate of drug-likeness (QED) is 0.800. The van der Waals surface area contributed by atoms with Crippen molar-refractivity contribution >= 4 is 37.1 Å². The van der Waals surface area contributed by atoms with Crippen molar-refractivity contribution in [3.8, 4) is 0 Å². The number of thiazole rings is 1. The molecule has 2 aromatic rings. The van der Waals surface area contributed by atoms with Gasteiger partial charge >= 0.3 is 0 Å². The first-order valence-electron chi connectivity index (χ1n) is 5.40. The van der Waals surface area contributed by atoms with Crippen LogP contribution in [0, 0.1) is 0 Å². The van der Waals surface area contributed by atoms with Crippen LogP contribution in [-0.4, -0.2) is 24.9 Å². The van der Waals surface area contributed by atoms with Gasteiger partial charge in [0.05, 0.1) is 26.7 Å². The molecule has 2 heterocycles. The molecule has 0 aliphatic carbocycles. The van der Waals surface area contributed by atoms with E-state index in [1.54, 1.807) is 11.3 Å². The molecule has 1 aromatic carbocycles. The van der Waals surface area contributed by atoms with E-state index in [4.69, 9.17) is 5.73 Å². The van der Waals surface area contributed by atoms with Crippen LogP contribution in [0.2, 0.25) is 0 Å². The minimum absolute atomic E-state index is 0.0682. The second-order valence-electron chi connectivity index (χ2n) is 4.38. The first-order valence-corrected chi connectivity index (χ1v) is 8.04. The largest absolute Gasteiger partial charge is 0.399 e. The third-order valence-electron chi connectivity index (χ3n) is 3.01. The van der Waals surface area contributed by atoms with Gasteiger partial charge < -0.3 is 5.73 Å². The monoisotopic (exact) mass is 268 g/mol. The maximum Gasteiger partial charge on any atom is 0.151 e. The van der Waals surface area contributed by atoms with Gasteiger partial charge in [0.15, 0.2) is 9.84 Å². The zero-order chi connectivity index (χ0) is 12.0. The van der Waals surface area contributed by atoms with E-state index >= 15 is 0 Å². The minimum atomic E-state index is -2.85. The van der Waals surface area contributed by atoms with Gasteiger partial charge in [0.2, 0.25) is 0 Å². The lowest BCUT2D eigenvalue weighted by atomic mass is 10.1. The molecule has 2 N–H and O–H groups in total. The Morgan fingerprint density at radius 1 is 1.41 bits per heavy atom. The van der Waals surface area contributed by atoms with Crippen LogP contribution >= 0.6 is 11.3 Å². The Hall–Kier alpha value is -1.14. The van der Waals surface area contributed by atoms with Crippen molar-refractivity contribution in [3.05, 3.63) is 23.2 Å². The molecule has 0 amide bonds. The highest BCUT2D eigenvalue weighted by Crippen LogP contribution is 2.34. The van der Waals surface area contributed by atoms with E-state index in [9.17, 15) is 8.42 Å². The maximum atomic E-state index is 11.4. The molecule has 0 spiro atoms. The van der Waals surface area contributed by atoms with E-state index in [0.717, 1.165) is 15.2 Å². The topological polar surface area (TPSA) is 73.0 Å². The molecule has 0 radical (unpaired) electrons. The van der Waals surface area contributed by atoms with E-state index in [2.05, 4.69) is 4.98 Å². The van der Waals surface area contributed by atoms with Crippen molar-refractivity contribution in [2.24, 2.45) is 0 Å². The van der Waals surface area contributed by atoms with Gasteiger partial charge in [0.25, 0.3) is 0 Å². The molecular formula is C11H12N2O2S2. The molecule has 1 fully saturated rings. The Balaban J connectivity index is 2.02. The molecule has 1 aliphatic heterocycles. The Bertz CT molecular complexity index is 676. The van der Waals surface area contributed by atoms with Crippen molar-refractivity contribution in [2.75, 3.05) is 17.2 Å². The Kier molecular flexibility index (Phi) is 2.38. The summed E-state index contributed by atoms with van der Waals surface area (Å²) >= 11 is 1.55. The number of anilines is 1. The van der Waals surface area contributed by atoms with E-state index in [-0.39, 0.29) is 17.4 Å². The number of hydrogen-bond acceptors (Lipinski definition) is 5. The number of sulfone groups is 1. The summed E-state index contributed by atoms with van der Waals surface area (Å²) in [7, 11) is -2.85. The number of nitrogens with zero attached hydrogens (tertiary/aromatic N) is 1. The fraction of sp³-hybridized carbons (Fsp3) is 0.364. The van der Waals surface area contributed by atoms with Gasteiger partial charge in [-0.15, -0.1) is 11.3 Å². The Morgan fingerprint density at radius 2 is 2.24 bits per heavy atom. The van der Waals surface area contributed by atoms with Crippen LogP contribution in [0.15, 0.2) is 18.2 Å². The molecule has 1 aromatic heterocycles. The highest BCUT2D eigenvalue weighted by Gasteiger charge is 2.31. The van der Waals surface area contributed by atoms with Crippen LogP contribution in [0.25, 0.3) is 10.2 Å². The summed E-state index contributed by atoms with van der Waals surface area (Å²) in [6, 6.07) is 5.59. The molecular weight excluding hydrogens is 256 g/mol. The van der Waals surface area contributed by atoms with Gasteiger partial charge in [-0.3, -0.25) is 0 Å². The van der Waals surface area contributed by atoms with Gasteiger partial charge in [-0.05, 0) is 24.6 Å². The average molecular weight is 268 g/mol. The van der Waals surface area contributed by atoms with Gasteiger partial charge in [0.1, 0.15) is 0 Å². The standard InChI is InChI=1S/C11H12N2O2S2/c12-8-1-2-9-10(5-8)16-11(13-9)7-3-4-17(14,15)6-7/h1-2,5,7H,3-4,6,12H2. The number of nitrogens with two attached hydrogens (primary N) is 1. The zero-order valence-electron chi connectivity index (χ0n) is 9.09. The highest BCUT2D eigenvalue weighted by molar-refractivity contribution is 7.91. The van der Waals surface area contributed by atoms with Crippen LogP contribution in [-0.2, 0) is 9.84 Å². The third-order valence-corrected chi connectivity index (χ3v) is 5.96. The van der Waals surface area contributed by atoms with Gasteiger partial charge in [-0.25, -0.2) is 13.4 Å². The van der Waals surface area contributed by atoms with E-state index < -0.39 is 9.84 Å². The van der Waals surface area contributed by atoms with Crippen LogP contribution in [0.5, 0.6) is 0 Å². The summed E-state index contributed by atoms with van der Waals surface area (Å²) in [5.74, 6) is 0.594. The lowest BCUT2D eigenvalue weighted by Crippen LogP contribution is -2.03. The zero-order valence-corrected chi connectivity index (χ0v) is 10.7. The highest BCUT2D eigenvalue weighted by atomic mass is 32.2. The summed E-state index contributed by atoms with van der Waals surface area (Å²) in [5, 5.41) is 0.923. The first kappa shape index (κ1) is 11.0. The number of aromatic nitrogens is 1. The molecule has 1 aliphatic rings. The fourth-order valence-electron chi connectivity index (χ4n) is 2.12. The molecule has 6 heteroatoms. The van der Waals surface area contributed by atoms with Crippen LogP contribution < -0.4 is 5.73 Å². The number of rotatable bonds is 1. The van der Waals surface area contributed by atoms with E-state index in [1.807, 2.05) is 18.2 Å². The number of benzene rings is 1. The second-order valence-corrected chi connectivity index (χ2v) is 7.67. The van der Waals surface area contributed by atoms with Crippen molar-refractivity contribution in [1.29, 1.82) is 0 Å². The first-order chi connectivity index (χ1) is 8.03. The van der Waals surface area contributed by atoms with Crippen molar-refractivity contribution in [2.45, 2.75) is 12.3 Å². The maximum absolute atomic E-state index is 11.4. The molecule has 0 saturated carbocycles. The van der Waals surface area contributed by atoms with Crippen LogP contribution in [0.3, 0.4) is 0 Å². The van der Waals surface area contributed by atoms with E-state index in [1.165, 1.54) is 0 Å². The fourth-order valence-corrected chi connectivity index (χ4v) is 5.13. The predicted molar refractivity (Wildman–Crippen MR) is 70.0 cm³/mol. The summed E-state index contributed by atoms with van der Waals surface area (Å²) in [6.45, 7) is 0. The summed E-state index contributed by atoms with van der Waals surface area (Å²) < 4.78 is 23.9. The molecule has 3 rings (SSSR count). The molecule has 1 atom stereocenters. The number of nitrogen functional groups attached to an aromatic ring is 1. The lowest BCUT2D eigenvalue weighted by molar-refractivity contribution is 0.601. The van der Waals surface area contributed by atoms with Crippen LogP contribution in [0.1, 0.15) is 17.3 Å². The van der Waals surface area contributed by atoms with Crippen molar-refractivity contribution in [1.82, 2.24) is 4.98 Å². The van der Waals surface area contributed by atoms with Crippen molar-refractivity contribution in [3.63, 3.8) is 0 Å². The van der Waals surface area contributed by atoms with Gasteiger partial charge in [-0.2, -0.15) is 0 Å². The molecule has 0 bridgehead atoms. The van der Waals surface area contributed by atoms with Gasteiger partial charge in [-0.1, -0.05) is 0 Å². The third kappa shape index (κ3) is 2.02. The van der Waals surface area contributed by atoms with Crippen LogP contribution in [0.4, 0.5) is 5.69 Å². The molecule has 1 saturated heterocycles. The smallest absolute Gasteiger partial charge is 0.151 e. The average Bonchev–Trinajstić information content (AvgIpc) is 2.80. The predicted octanol–water partition coefficient (Wildman–Crippen LogP) is 1.78. The second kappa shape index (κ2) is 3.68. The van der Waals surface area contributed by atoms with Crippen molar-refractivity contribution < 1.29 is 8.42 Å². The molecule has 90 valence electrons. The summed E-state index contributed by atoms with van der Waals surface area (Å²) in [4.78, 5) is 4.50. The Labute approximate surface area is 103 Å². The minimum Gasteiger partial charge on any atom is -0.399 e. The molecule has 4 nitrogen and oxygen atoms in total.